The van der Waals surface area contributed by atoms with Crippen molar-refractivity contribution >= 4 is 15.7 Å². The van der Waals surface area contributed by atoms with E-state index in [0.29, 0.717) is 24.6 Å². The first-order valence-electron chi connectivity index (χ1n) is 5.71. The molecule has 1 atom stereocenters. The summed E-state index contributed by atoms with van der Waals surface area (Å²) in [5.41, 5.74) is 1.39. The van der Waals surface area contributed by atoms with Crippen LogP contribution in [-0.2, 0) is 14.8 Å². The standard InChI is InChI=1S/C12H20N2O3S/c1-9(8-17-3)7-14-11-5-4-10(2)12(6-11)18(13,15)16/h4-6,9,14H,7-8H2,1-3H3,(H2,13,15,16). The summed E-state index contributed by atoms with van der Waals surface area (Å²) in [6.07, 6.45) is 0. The summed E-state index contributed by atoms with van der Waals surface area (Å²) < 4.78 is 27.8. The fourth-order valence-corrected chi connectivity index (χ4v) is 2.46. The molecule has 18 heavy (non-hydrogen) atoms. The quantitative estimate of drug-likeness (QED) is 0.818. The van der Waals surface area contributed by atoms with E-state index in [1.807, 2.05) is 13.0 Å². The molecule has 1 aromatic rings. The number of hydrogen-bond donors (Lipinski definition) is 2. The van der Waals surface area contributed by atoms with Gasteiger partial charge in [0.2, 0.25) is 10.0 Å². The van der Waals surface area contributed by atoms with Crippen LogP contribution < -0.4 is 10.5 Å². The van der Waals surface area contributed by atoms with E-state index in [-0.39, 0.29) is 4.90 Å². The number of methoxy groups -OCH3 is 1. The van der Waals surface area contributed by atoms with Gasteiger partial charge in [-0.1, -0.05) is 13.0 Å². The Morgan fingerprint density at radius 2 is 2.11 bits per heavy atom. The fraction of sp³-hybridized carbons (Fsp3) is 0.500. The minimum atomic E-state index is -3.67. The van der Waals surface area contributed by atoms with E-state index in [9.17, 15) is 8.42 Å². The Morgan fingerprint density at radius 1 is 1.44 bits per heavy atom. The van der Waals surface area contributed by atoms with E-state index in [4.69, 9.17) is 9.88 Å². The largest absolute Gasteiger partial charge is 0.385 e. The van der Waals surface area contributed by atoms with Crippen LogP contribution in [0.25, 0.3) is 0 Å². The maximum absolute atomic E-state index is 11.4. The molecule has 0 aliphatic heterocycles. The number of anilines is 1. The molecular weight excluding hydrogens is 252 g/mol. The molecule has 0 heterocycles. The second-order valence-corrected chi connectivity index (χ2v) is 6.00. The van der Waals surface area contributed by atoms with Crippen LogP contribution in [0, 0.1) is 12.8 Å². The molecule has 0 aliphatic rings. The third-order valence-corrected chi connectivity index (χ3v) is 3.65. The molecular formula is C12H20N2O3S. The summed E-state index contributed by atoms with van der Waals surface area (Å²) in [6, 6.07) is 5.14. The van der Waals surface area contributed by atoms with E-state index in [1.165, 1.54) is 0 Å². The van der Waals surface area contributed by atoms with Gasteiger partial charge in [-0.2, -0.15) is 0 Å². The summed E-state index contributed by atoms with van der Waals surface area (Å²) in [5, 5.41) is 8.32. The van der Waals surface area contributed by atoms with Gasteiger partial charge in [-0.15, -0.1) is 0 Å². The van der Waals surface area contributed by atoms with Gasteiger partial charge in [0.15, 0.2) is 0 Å². The van der Waals surface area contributed by atoms with Crippen LogP contribution in [0.2, 0.25) is 0 Å². The lowest BCUT2D eigenvalue weighted by molar-refractivity contribution is 0.164. The summed E-state index contributed by atoms with van der Waals surface area (Å²) in [7, 11) is -2.02. The molecule has 102 valence electrons. The van der Waals surface area contributed by atoms with Crippen molar-refractivity contribution in [1.82, 2.24) is 0 Å². The minimum Gasteiger partial charge on any atom is -0.385 e. The van der Waals surface area contributed by atoms with Crippen LogP contribution in [0.1, 0.15) is 12.5 Å². The Hall–Kier alpha value is -1.11. The van der Waals surface area contributed by atoms with Crippen LogP contribution in [-0.4, -0.2) is 28.7 Å². The van der Waals surface area contributed by atoms with Crippen LogP contribution in [0.15, 0.2) is 23.1 Å². The second-order valence-electron chi connectivity index (χ2n) is 4.47. The smallest absolute Gasteiger partial charge is 0.238 e. The first-order chi connectivity index (χ1) is 8.34. The first-order valence-corrected chi connectivity index (χ1v) is 7.25. The number of aryl methyl sites for hydroxylation is 1. The number of primary sulfonamides is 1. The summed E-state index contributed by atoms with van der Waals surface area (Å²) >= 11 is 0. The zero-order chi connectivity index (χ0) is 13.8. The molecule has 6 heteroatoms. The summed E-state index contributed by atoms with van der Waals surface area (Å²) in [4.78, 5) is 0.159. The van der Waals surface area contributed by atoms with Crippen molar-refractivity contribution in [2.45, 2.75) is 18.7 Å². The second kappa shape index (κ2) is 6.17. The van der Waals surface area contributed by atoms with E-state index >= 15 is 0 Å². The number of hydrogen-bond acceptors (Lipinski definition) is 4. The van der Waals surface area contributed by atoms with Crippen LogP contribution in [0.3, 0.4) is 0 Å². The van der Waals surface area contributed by atoms with Gasteiger partial charge in [0.1, 0.15) is 0 Å². The van der Waals surface area contributed by atoms with Crippen molar-refractivity contribution < 1.29 is 13.2 Å². The Kier molecular flexibility index (Phi) is 5.13. The topological polar surface area (TPSA) is 81.4 Å². The minimum absolute atomic E-state index is 0.159. The number of rotatable bonds is 6. The van der Waals surface area contributed by atoms with Gasteiger partial charge in [-0.3, -0.25) is 0 Å². The van der Waals surface area contributed by atoms with Crippen molar-refractivity contribution in [2.75, 3.05) is 25.6 Å². The number of nitrogens with two attached hydrogens (primary N) is 1. The molecule has 3 N–H and O–H groups in total. The molecule has 0 bridgehead atoms. The third-order valence-electron chi connectivity index (χ3n) is 2.60. The third kappa shape index (κ3) is 4.29. The van der Waals surface area contributed by atoms with Crippen LogP contribution >= 0.6 is 0 Å². The van der Waals surface area contributed by atoms with E-state index < -0.39 is 10.0 Å². The van der Waals surface area contributed by atoms with Gasteiger partial charge in [0.25, 0.3) is 0 Å². The van der Waals surface area contributed by atoms with E-state index in [0.717, 1.165) is 5.69 Å². The molecule has 0 fully saturated rings. The van der Waals surface area contributed by atoms with Crippen molar-refractivity contribution in [3.8, 4) is 0 Å². The molecule has 0 radical (unpaired) electrons. The molecule has 0 saturated carbocycles. The highest BCUT2D eigenvalue weighted by Crippen LogP contribution is 2.19. The Labute approximate surface area is 108 Å². The molecule has 1 rings (SSSR count). The van der Waals surface area contributed by atoms with Gasteiger partial charge >= 0.3 is 0 Å². The summed E-state index contributed by atoms with van der Waals surface area (Å²) in [5.74, 6) is 0.342. The maximum atomic E-state index is 11.4. The highest BCUT2D eigenvalue weighted by molar-refractivity contribution is 7.89. The number of ether oxygens (including phenoxy) is 1. The van der Waals surface area contributed by atoms with Gasteiger partial charge in [-0.05, 0) is 30.5 Å². The average molecular weight is 272 g/mol. The average Bonchev–Trinajstić information content (AvgIpc) is 2.27. The molecule has 0 saturated heterocycles. The maximum Gasteiger partial charge on any atom is 0.238 e. The van der Waals surface area contributed by atoms with Crippen molar-refractivity contribution in [3.05, 3.63) is 23.8 Å². The number of sulfonamides is 1. The molecule has 1 unspecified atom stereocenters. The Balaban J connectivity index is 2.80. The van der Waals surface area contributed by atoms with Crippen molar-refractivity contribution in [3.63, 3.8) is 0 Å². The van der Waals surface area contributed by atoms with Gasteiger partial charge in [-0.25, -0.2) is 13.6 Å². The SMILES string of the molecule is COCC(C)CNc1ccc(C)c(S(N)(=O)=O)c1. The van der Waals surface area contributed by atoms with Gasteiger partial charge < -0.3 is 10.1 Å². The fourth-order valence-electron chi connectivity index (χ4n) is 1.65. The van der Waals surface area contributed by atoms with Crippen molar-refractivity contribution in [2.24, 2.45) is 11.1 Å². The molecule has 0 spiro atoms. The lowest BCUT2D eigenvalue weighted by Gasteiger charge is -2.13. The van der Waals surface area contributed by atoms with Crippen molar-refractivity contribution in [1.29, 1.82) is 0 Å². The predicted octanol–water partition coefficient (Wildman–Crippen LogP) is 1.34. The van der Waals surface area contributed by atoms with E-state index in [1.54, 1.807) is 26.2 Å². The van der Waals surface area contributed by atoms with Gasteiger partial charge in [0.05, 0.1) is 11.5 Å². The number of benzene rings is 1. The monoisotopic (exact) mass is 272 g/mol. The lowest BCUT2D eigenvalue weighted by atomic mass is 10.2. The zero-order valence-corrected chi connectivity index (χ0v) is 11.8. The highest BCUT2D eigenvalue weighted by Gasteiger charge is 2.12. The molecule has 0 amide bonds. The first kappa shape index (κ1) is 14.9. The molecule has 0 aliphatic carbocycles. The Bertz CT molecular complexity index is 500. The van der Waals surface area contributed by atoms with Crippen LogP contribution in [0.5, 0.6) is 0 Å². The summed E-state index contributed by atoms with van der Waals surface area (Å²) in [6.45, 7) is 5.13. The predicted molar refractivity (Wildman–Crippen MR) is 72.1 cm³/mol. The molecule has 0 aromatic heterocycles. The molecule has 5 nitrogen and oxygen atoms in total. The zero-order valence-electron chi connectivity index (χ0n) is 10.9. The van der Waals surface area contributed by atoms with Gasteiger partial charge in [0, 0.05) is 19.3 Å². The normalized spacial score (nSPS) is 13.3. The Morgan fingerprint density at radius 3 is 2.67 bits per heavy atom. The number of nitrogens with one attached hydrogen (secondary N) is 1. The highest BCUT2D eigenvalue weighted by atomic mass is 32.2. The van der Waals surface area contributed by atoms with E-state index in [2.05, 4.69) is 5.32 Å². The van der Waals surface area contributed by atoms with Crippen LogP contribution in [0.4, 0.5) is 5.69 Å². The molecule has 1 aromatic carbocycles. The lowest BCUT2D eigenvalue weighted by Crippen LogP contribution is -2.17.